The van der Waals surface area contributed by atoms with Crippen LogP contribution in [0, 0.1) is 17.5 Å². The summed E-state index contributed by atoms with van der Waals surface area (Å²) in [5, 5.41) is 0. The highest BCUT2D eigenvalue weighted by Crippen LogP contribution is 2.17. The molecule has 1 amide bonds. The van der Waals surface area contributed by atoms with Gasteiger partial charge in [0.2, 0.25) is 0 Å². The van der Waals surface area contributed by atoms with Crippen LogP contribution in [-0.4, -0.2) is 28.9 Å². The highest BCUT2D eigenvalue weighted by molar-refractivity contribution is 7.80. The van der Waals surface area contributed by atoms with Crippen LogP contribution in [-0.2, 0) is 0 Å². The summed E-state index contributed by atoms with van der Waals surface area (Å²) < 4.78 is 39.7. The van der Waals surface area contributed by atoms with Crippen molar-refractivity contribution < 1.29 is 18.0 Å². The van der Waals surface area contributed by atoms with Gasteiger partial charge in [-0.2, -0.15) is 0 Å². The molecule has 104 valence electrons. The second-order valence-corrected chi connectivity index (χ2v) is 4.37. The zero-order chi connectivity index (χ0) is 14.6. The summed E-state index contributed by atoms with van der Waals surface area (Å²) in [4.78, 5) is 13.4. The molecule has 0 radical (unpaired) electrons. The lowest BCUT2D eigenvalue weighted by Gasteiger charge is -2.21. The molecule has 0 bridgehead atoms. The lowest BCUT2D eigenvalue weighted by Crippen LogP contribution is -2.34. The largest absolute Gasteiger partial charge is 0.393 e. The van der Waals surface area contributed by atoms with Gasteiger partial charge in [-0.15, -0.1) is 0 Å². The van der Waals surface area contributed by atoms with E-state index < -0.39 is 28.9 Å². The van der Waals surface area contributed by atoms with Gasteiger partial charge < -0.3 is 10.6 Å². The molecule has 0 atom stereocenters. The number of hydrogen-bond acceptors (Lipinski definition) is 2. The van der Waals surface area contributed by atoms with Crippen LogP contribution in [0.15, 0.2) is 12.1 Å². The third-order valence-corrected chi connectivity index (χ3v) is 2.72. The molecule has 1 aromatic carbocycles. The fourth-order valence-electron chi connectivity index (χ4n) is 1.55. The topological polar surface area (TPSA) is 46.3 Å². The highest BCUT2D eigenvalue weighted by atomic mass is 32.1. The number of amides is 1. The summed E-state index contributed by atoms with van der Waals surface area (Å²) >= 11 is 4.68. The van der Waals surface area contributed by atoms with E-state index in [2.05, 4.69) is 12.2 Å². The van der Waals surface area contributed by atoms with Crippen LogP contribution in [0.4, 0.5) is 13.2 Å². The van der Waals surface area contributed by atoms with Gasteiger partial charge in [-0.05, 0) is 6.92 Å². The molecule has 0 aliphatic heterocycles. The Labute approximate surface area is 114 Å². The third kappa shape index (κ3) is 3.92. The number of rotatable bonds is 5. The molecule has 0 spiro atoms. The molecule has 3 nitrogen and oxygen atoms in total. The van der Waals surface area contributed by atoms with E-state index in [0.717, 1.165) is 0 Å². The lowest BCUT2D eigenvalue weighted by atomic mass is 10.1. The number of carbonyl (C=O) groups is 1. The van der Waals surface area contributed by atoms with Crippen LogP contribution < -0.4 is 5.73 Å². The van der Waals surface area contributed by atoms with E-state index in [0.29, 0.717) is 12.1 Å². The molecule has 0 aliphatic carbocycles. The Morgan fingerprint density at radius 1 is 1.32 bits per heavy atom. The molecule has 1 rings (SSSR count). The second-order valence-electron chi connectivity index (χ2n) is 3.85. The average molecular weight is 290 g/mol. The maximum atomic E-state index is 13.5. The zero-order valence-electron chi connectivity index (χ0n) is 10.3. The van der Waals surface area contributed by atoms with Gasteiger partial charge in [0, 0.05) is 31.6 Å². The molecule has 0 saturated carbocycles. The van der Waals surface area contributed by atoms with Crippen LogP contribution in [0.5, 0.6) is 0 Å². The minimum Gasteiger partial charge on any atom is -0.393 e. The predicted molar refractivity (Wildman–Crippen MR) is 69.3 cm³/mol. The minimum absolute atomic E-state index is 0.154. The Balaban J connectivity index is 3.01. The maximum absolute atomic E-state index is 13.5. The van der Waals surface area contributed by atoms with Gasteiger partial charge in [0.25, 0.3) is 5.91 Å². The summed E-state index contributed by atoms with van der Waals surface area (Å²) in [7, 11) is 0. The third-order valence-electron chi connectivity index (χ3n) is 2.52. The molecule has 2 N–H and O–H groups in total. The normalized spacial score (nSPS) is 10.3. The van der Waals surface area contributed by atoms with E-state index >= 15 is 0 Å². The summed E-state index contributed by atoms with van der Waals surface area (Å²) in [5.41, 5.74) is 4.54. The van der Waals surface area contributed by atoms with Gasteiger partial charge >= 0.3 is 0 Å². The standard InChI is InChI=1S/C12H13F3N2OS/c1-2-17(4-3-10(16)19)12(18)11-8(14)5-7(13)6-9(11)15/h5-6H,2-4H2,1H3,(H2,16,19). The number of nitrogens with zero attached hydrogens (tertiary/aromatic N) is 1. The van der Waals surface area contributed by atoms with E-state index in [4.69, 9.17) is 5.73 Å². The van der Waals surface area contributed by atoms with E-state index in [1.807, 2.05) is 0 Å². The quantitative estimate of drug-likeness (QED) is 0.846. The van der Waals surface area contributed by atoms with Crippen molar-refractivity contribution >= 4 is 23.1 Å². The van der Waals surface area contributed by atoms with Crippen molar-refractivity contribution in [3.8, 4) is 0 Å². The Bertz CT molecular complexity index is 485. The Hall–Kier alpha value is -1.63. The molecule has 0 heterocycles. The SMILES string of the molecule is CCN(CCC(N)=S)C(=O)c1c(F)cc(F)cc1F. The molecular weight excluding hydrogens is 277 g/mol. The van der Waals surface area contributed by atoms with E-state index in [1.54, 1.807) is 6.92 Å². The fourth-order valence-corrected chi connectivity index (χ4v) is 1.64. The molecule has 0 unspecified atom stereocenters. The number of carbonyl (C=O) groups excluding carboxylic acids is 1. The van der Waals surface area contributed by atoms with Crippen LogP contribution in [0.25, 0.3) is 0 Å². The lowest BCUT2D eigenvalue weighted by molar-refractivity contribution is 0.0759. The molecule has 0 saturated heterocycles. The smallest absolute Gasteiger partial charge is 0.259 e. The number of thiocarbonyl (C=S) groups is 1. The van der Waals surface area contributed by atoms with Crippen LogP contribution in [0.3, 0.4) is 0 Å². The Kier molecular flexibility index (Phi) is 5.29. The van der Waals surface area contributed by atoms with Gasteiger partial charge in [-0.1, -0.05) is 12.2 Å². The zero-order valence-corrected chi connectivity index (χ0v) is 11.1. The fraction of sp³-hybridized carbons (Fsp3) is 0.333. The molecule has 0 aliphatic rings. The second kappa shape index (κ2) is 6.51. The highest BCUT2D eigenvalue weighted by Gasteiger charge is 2.23. The van der Waals surface area contributed by atoms with E-state index in [-0.39, 0.29) is 24.5 Å². The summed E-state index contributed by atoms with van der Waals surface area (Å²) in [6.45, 7) is 2.04. The van der Waals surface area contributed by atoms with Gasteiger partial charge in [0.15, 0.2) is 0 Å². The maximum Gasteiger partial charge on any atom is 0.259 e. The van der Waals surface area contributed by atoms with E-state index in [9.17, 15) is 18.0 Å². The van der Waals surface area contributed by atoms with Crippen LogP contribution in [0.1, 0.15) is 23.7 Å². The summed E-state index contributed by atoms with van der Waals surface area (Å²) in [6.07, 6.45) is 0.249. The molecule has 7 heteroatoms. The monoisotopic (exact) mass is 290 g/mol. The minimum atomic E-state index is -1.23. The van der Waals surface area contributed by atoms with Crippen LogP contribution >= 0.6 is 12.2 Å². The number of benzene rings is 1. The summed E-state index contributed by atoms with van der Waals surface area (Å²) in [6, 6.07) is 0.940. The molecular formula is C12H13F3N2OS. The molecule has 0 aromatic heterocycles. The van der Waals surface area contributed by atoms with Crippen molar-refractivity contribution in [3.05, 3.63) is 35.1 Å². The van der Waals surface area contributed by atoms with Crippen LogP contribution in [0.2, 0.25) is 0 Å². The molecule has 1 aromatic rings. The van der Waals surface area contributed by atoms with Gasteiger partial charge in [0.1, 0.15) is 23.0 Å². The Morgan fingerprint density at radius 3 is 2.26 bits per heavy atom. The molecule has 0 fully saturated rings. The number of nitrogens with two attached hydrogens (primary N) is 1. The van der Waals surface area contributed by atoms with E-state index in [1.165, 1.54) is 4.90 Å². The predicted octanol–water partition coefficient (Wildman–Crippen LogP) is 2.24. The number of hydrogen-bond donors (Lipinski definition) is 1. The number of halogens is 3. The van der Waals surface area contributed by atoms with Gasteiger partial charge in [0.05, 0.1) is 4.99 Å². The van der Waals surface area contributed by atoms with Gasteiger partial charge in [-0.3, -0.25) is 4.79 Å². The van der Waals surface area contributed by atoms with Crippen molar-refractivity contribution in [2.75, 3.05) is 13.1 Å². The van der Waals surface area contributed by atoms with Crippen molar-refractivity contribution in [1.82, 2.24) is 4.90 Å². The van der Waals surface area contributed by atoms with Crippen molar-refractivity contribution in [2.24, 2.45) is 5.73 Å². The Morgan fingerprint density at radius 2 is 1.84 bits per heavy atom. The van der Waals surface area contributed by atoms with Crippen molar-refractivity contribution in [3.63, 3.8) is 0 Å². The first-order valence-corrected chi connectivity index (χ1v) is 5.99. The van der Waals surface area contributed by atoms with Crippen molar-refractivity contribution in [2.45, 2.75) is 13.3 Å². The average Bonchev–Trinajstić information content (AvgIpc) is 2.27. The first-order valence-electron chi connectivity index (χ1n) is 5.59. The van der Waals surface area contributed by atoms with Gasteiger partial charge in [-0.25, -0.2) is 13.2 Å². The summed E-state index contributed by atoms with van der Waals surface area (Å²) in [5.74, 6) is -4.38. The van der Waals surface area contributed by atoms with Crippen molar-refractivity contribution in [1.29, 1.82) is 0 Å². The molecule has 19 heavy (non-hydrogen) atoms. The first kappa shape index (κ1) is 15.4. The first-order chi connectivity index (χ1) is 8.86.